The highest BCUT2D eigenvalue weighted by Gasteiger charge is 2.30. The summed E-state index contributed by atoms with van der Waals surface area (Å²) in [5.41, 5.74) is 1.26. The molecule has 1 N–H and O–H groups in total. The highest BCUT2D eigenvalue weighted by atomic mass is 35.5. The van der Waals surface area contributed by atoms with Crippen molar-refractivity contribution in [1.29, 1.82) is 0 Å². The topological polar surface area (TPSA) is 58.6 Å². The number of carbonyl (C=O) groups excluding carboxylic acids is 2. The zero-order valence-corrected chi connectivity index (χ0v) is 12.0. The first kappa shape index (κ1) is 14.8. The number of carbonyl (C=O) groups is 2. The maximum Gasteiger partial charge on any atom is 0.245 e. The van der Waals surface area contributed by atoms with Crippen LogP contribution >= 0.6 is 11.6 Å². The molecule has 0 spiro atoms. The van der Waals surface area contributed by atoms with Gasteiger partial charge in [0.1, 0.15) is 12.3 Å². The first-order valence-electron chi connectivity index (χ1n) is 6.54. The molecule has 5 nitrogen and oxygen atoms in total. The molecular formula is C14H17ClN2O3. The van der Waals surface area contributed by atoms with Crippen molar-refractivity contribution in [3.8, 4) is 0 Å². The number of benzene rings is 1. The Balaban J connectivity index is 2.27. The Bertz CT molecular complexity index is 507. The molecule has 108 valence electrons. The molecule has 1 aromatic carbocycles. The molecule has 1 aromatic rings. The number of anilines is 1. The van der Waals surface area contributed by atoms with Crippen molar-refractivity contribution >= 4 is 29.5 Å². The average molecular weight is 297 g/mol. The lowest BCUT2D eigenvalue weighted by molar-refractivity contribution is -0.124. The van der Waals surface area contributed by atoms with Gasteiger partial charge >= 0.3 is 0 Å². The second kappa shape index (κ2) is 6.72. The van der Waals surface area contributed by atoms with E-state index in [1.807, 2.05) is 11.8 Å². The van der Waals surface area contributed by atoms with Crippen molar-refractivity contribution < 1.29 is 14.3 Å². The van der Waals surface area contributed by atoms with Gasteiger partial charge in [-0.15, -0.1) is 0 Å². The molecule has 6 heteroatoms. The van der Waals surface area contributed by atoms with E-state index in [0.717, 1.165) is 12.0 Å². The van der Waals surface area contributed by atoms with Crippen LogP contribution in [0.15, 0.2) is 18.2 Å². The standard InChI is InChI=1S/C14H17ClN2O3/c1-2-16-14(19)13-9-20-6-5-17(13)12-4-3-10(8-18)7-11(12)15/h3-4,7-8,13H,2,5-6,9H2,1H3,(H,16,19). The molecule has 20 heavy (non-hydrogen) atoms. The van der Waals surface area contributed by atoms with Crippen molar-refractivity contribution in [3.63, 3.8) is 0 Å². The number of nitrogens with one attached hydrogen (secondary N) is 1. The van der Waals surface area contributed by atoms with Crippen molar-refractivity contribution in [2.75, 3.05) is 31.2 Å². The van der Waals surface area contributed by atoms with Crippen LogP contribution in [-0.2, 0) is 9.53 Å². The lowest BCUT2D eigenvalue weighted by Gasteiger charge is -2.36. The Hall–Kier alpha value is -1.59. The van der Waals surface area contributed by atoms with Crippen molar-refractivity contribution in [1.82, 2.24) is 5.32 Å². The Labute approximate surface area is 122 Å². The number of likely N-dealkylation sites (N-methyl/N-ethyl adjacent to an activating group) is 1. The first-order valence-corrected chi connectivity index (χ1v) is 6.92. The maximum atomic E-state index is 12.1. The molecule has 0 radical (unpaired) electrons. The van der Waals surface area contributed by atoms with E-state index in [1.54, 1.807) is 18.2 Å². The predicted molar refractivity (Wildman–Crippen MR) is 77.5 cm³/mol. The molecule has 1 heterocycles. The predicted octanol–water partition coefficient (Wildman–Crippen LogP) is 1.49. The van der Waals surface area contributed by atoms with Crippen molar-refractivity contribution in [2.24, 2.45) is 0 Å². The van der Waals surface area contributed by atoms with Gasteiger partial charge in [-0.05, 0) is 25.1 Å². The number of ether oxygens (including phenoxy) is 1. The van der Waals surface area contributed by atoms with Gasteiger partial charge in [-0.25, -0.2) is 0 Å². The second-order valence-electron chi connectivity index (χ2n) is 4.51. The normalized spacial score (nSPS) is 18.7. The van der Waals surface area contributed by atoms with Crippen LogP contribution in [0.25, 0.3) is 0 Å². The minimum Gasteiger partial charge on any atom is -0.377 e. The maximum absolute atomic E-state index is 12.1. The molecule has 1 fully saturated rings. The Morgan fingerprint density at radius 1 is 1.60 bits per heavy atom. The number of hydrogen-bond acceptors (Lipinski definition) is 4. The van der Waals surface area contributed by atoms with Gasteiger partial charge in [-0.2, -0.15) is 0 Å². The second-order valence-corrected chi connectivity index (χ2v) is 4.91. The van der Waals surface area contributed by atoms with Crippen LogP contribution in [0.4, 0.5) is 5.69 Å². The van der Waals surface area contributed by atoms with Crippen molar-refractivity contribution in [2.45, 2.75) is 13.0 Å². The SMILES string of the molecule is CCNC(=O)C1COCCN1c1ccc(C=O)cc1Cl. The summed E-state index contributed by atoms with van der Waals surface area (Å²) in [6.45, 7) is 3.90. The largest absolute Gasteiger partial charge is 0.377 e. The zero-order valence-electron chi connectivity index (χ0n) is 11.3. The van der Waals surface area contributed by atoms with Crippen LogP contribution in [0.2, 0.25) is 5.02 Å². The summed E-state index contributed by atoms with van der Waals surface area (Å²) < 4.78 is 5.38. The van der Waals surface area contributed by atoms with Gasteiger partial charge in [0.25, 0.3) is 0 Å². The molecular weight excluding hydrogens is 280 g/mol. The Morgan fingerprint density at radius 2 is 2.40 bits per heavy atom. The van der Waals surface area contributed by atoms with Crippen LogP contribution in [0.1, 0.15) is 17.3 Å². The molecule has 0 bridgehead atoms. The summed E-state index contributed by atoms with van der Waals surface area (Å²) in [5, 5.41) is 3.26. The monoisotopic (exact) mass is 296 g/mol. The smallest absolute Gasteiger partial charge is 0.245 e. The summed E-state index contributed by atoms with van der Waals surface area (Å²) in [4.78, 5) is 24.8. The van der Waals surface area contributed by atoms with E-state index in [9.17, 15) is 9.59 Å². The summed E-state index contributed by atoms with van der Waals surface area (Å²) in [6, 6.07) is 4.67. The molecule has 0 aromatic heterocycles. The summed E-state index contributed by atoms with van der Waals surface area (Å²) in [7, 11) is 0. The number of amides is 1. The van der Waals surface area contributed by atoms with E-state index in [2.05, 4.69) is 5.32 Å². The lowest BCUT2D eigenvalue weighted by Crippen LogP contribution is -2.54. The van der Waals surface area contributed by atoms with Gasteiger partial charge in [0.05, 0.1) is 23.9 Å². The molecule has 1 aliphatic heterocycles. The van der Waals surface area contributed by atoms with Gasteiger partial charge in [0.2, 0.25) is 5.91 Å². The number of aldehydes is 1. The van der Waals surface area contributed by atoms with Gasteiger partial charge in [-0.3, -0.25) is 9.59 Å². The Morgan fingerprint density at radius 3 is 3.05 bits per heavy atom. The third kappa shape index (κ3) is 3.11. The fourth-order valence-corrected chi connectivity index (χ4v) is 2.53. The van der Waals surface area contributed by atoms with Crippen LogP contribution in [-0.4, -0.2) is 44.5 Å². The Kier molecular flexibility index (Phi) is 4.98. The zero-order chi connectivity index (χ0) is 14.5. The summed E-state index contributed by atoms with van der Waals surface area (Å²) in [5.74, 6) is -0.0808. The molecule has 1 unspecified atom stereocenters. The quantitative estimate of drug-likeness (QED) is 0.855. The minimum atomic E-state index is -0.400. The third-order valence-electron chi connectivity index (χ3n) is 3.20. The molecule has 1 saturated heterocycles. The fraction of sp³-hybridized carbons (Fsp3) is 0.429. The van der Waals surface area contributed by atoms with E-state index in [-0.39, 0.29) is 5.91 Å². The van der Waals surface area contributed by atoms with Crippen LogP contribution in [0.3, 0.4) is 0 Å². The highest BCUT2D eigenvalue weighted by molar-refractivity contribution is 6.33. The van der Waals surface area contributed by atoms with Gasteiger partial charge in [-0.1, -0.05) is 11.6 Å². The number of rotatable bonds is 4. The molecule has 1 amide bonds. The van der Waals surface area contributed by atoms with E-state index >= 15 is 0 Å². The van der Waals surface area contributed by atoms with Crippen molar-refractivity contribution in [3.05, 3.63) is 28.8 Å². The average Bonchev–Trinajstić information content (AvgIpc) is 2.47. The van der Waals surface area contributed by atoms with Crippen LogP contribution in [0, 0.1) is 0 Å². The van der Waals surface area contributed by atoms with Crippen LogP contribution in [0.5, 0.6) is 0 Å². The number of hydrogen-bond donors (Lipinski definition) is 1. The van der Waals surface area contributed by atoms with Gasteiger partial charge in [0, 0.05) is 18.7 Å². The summed E-state index contributed by atoms with van der Waals surface area (Å²) in [6.07, 6.45) is 0.746. The van der Waals surface area contributed by atoms with E-state index < -0.39 is 6.04 Å². The number of nitrogens with zero attached hydrogens (tertiary/aromatic N) is 1. The number of morpholine rings is 1. The highest BCUT2D eigenvalue weighted by Crippen LogP contribution is 2.29. The van der Waals surface area contributed by atoms with E-state index in [0.29, 0.717) is 36.9 Å². The summed E-state index contributed by atoms with van der Waals surface area (Å²) >= 11 is 6.22. The van der Waals surface area contributed by atoms with E-state index in [4.69, 9.17) is 16.3 Å². The van der Waals surface area contributed by atoms with Gasteiger partial charge in [0.15, 0.2) is 0 Å². The van der Waals surface area contributed by atoms with E-state index in [1.165, 1.54) is 0 Å². The molecule has 0 aliphatic carbocycles. The first-order chi connectivity index (χ1) is 9.67. The molecule has 1 atom stereocenters. The third-order valence-corrected chi connectivity index (χ3v) is 3.50. The molecule has 0 saturated carbocycles. The minimum absolute atomic E-state index is 0.0808. The number of halogens is 1. The van der Waals surface area contributed by atoms with Crippen LogP contribution < -0.4 is 10.2 Å². The van der Waals surface area contributed by atoms with Gasteiger partial charge < -0.3 is 15.0 Å². The lowest BCUT2D eigenvalue weighted by atomic mass is 10.1. The fourth-order valence-electron chi connectivity index (χ4n) is 2.23. The molecule has 2 rings (SSSR count). The molecule has 1 aliphatic rings.